The fourth-order valence-corrected chi connectivity index (χ4v) is 2.44. The summed E-state index contributed by atoms with van der Waals surface area (Å²) in [7, 11) is 1.63. The smallest absolute Gasteiger partial charge is 0.181 e. The summed E-state index contributed by atoms with van der Waals surface area (Å²) in [4.78, 5) is 15.7. The zero-order chi connectivity index (χ0) is 17.6. The van der Waals surface area contributed by atoms with Gasteiger partial charge in [-0.1, -0.05) is 18.2 Å². The minimum absolute atomic E-state index is 0.292. The van der Waals surface area contributed by atoms with E-state index in [1.165, 1.54) is 0 Å². The van der Waals surface area contributed by atoms with Crippen LogP contribution in [0.5, 0.6) is 5.75 Å². The van der Waals surface area contributed by atoms with Crippen LogP contribution >= 0.6 is 0 Å². The Labute approximate surface area is 146 Å². The molecule has 128 valence electrons. The fourth-order valence-electron chi connectivity index (χ4n) is 2.44. The molecular formula is C19H19N3O3. The number of ether oxygens (including phenoxy) is 2. The highest BCUT2D eigenvalue weighted by Crippen LogP contribution is 2.24. The van der Waals surface area contributed by atoms with E-state index in [2.05, 4.69) is 10.1 Å². The van der Waals surface area contributed by atoms with Crippen molar-refractivity contribution in [3.05, 3.63) is 54.1 Å². The number of hydrogen-bond donors (Lipinski definition) is 0. The van der Waals surface area contributed by atoms with E-state index < -0.39 is 0 Å². The zero-order valence-electron chi connectivity index (χ0n) is 14.2. The van der Waals surface area contributed by atoms with E-state index in [1.807, 2.05) is 43.3 Å². The van der Waals surface area contributed by atoms with Crippen LogP contribution in [0.1, 0.15) is 17.3 Å². The average Bonchev–Trinajstić information content (AvgIpc) is 3.10. The first-order valence-corrected chi connectivity index (χ1v) is 7.97. The lowest BCUT2D eigenvalue weighted by Crippen LogP contribution is -2.06. The number of aromatic nitrogens is 3. The Balaban J connectivity index is 2.03. The topological polar surface area (TPSA) is 66.2 Å². The molecule has 3 rings (SSSR count). The molecule has 6 nitrogen and oxygen atoms in total. The molecule has 0 N–H and O–H groups in total. The maximum Gasteiger partial charge on any atom is 0.181 e. The average molecular weight is 337 g/mol. The van der Waals surface area contributed by atoms with Crippen LogP contribution in [0.25, 0.3) is 22.8 Å². The van der Waals surface area contributed by atoms with Crippen LogP contribution in [0, 0.1) is 0 Å². The molecule has 0 saturated heterocycles. The number of aldehydes is 1. The summed E-state index contributed by atoms with van der Waals surface area (Å²) in [5, 5.41) is 4.56. The van der Waals surface area contributed by atoms with Gasteiger partial charge in [0.25, 0.3) is 0 Å². The van der Waals surface area contributed by atoms with Gasteiger partial charge in [0, 0.05) is 23.3 Å². The third-order valence-corrected chi connectivity index (χ3v) is 3.72. The van der Waals surface area contributed by atoms with Crippen LogP contribution in [0.3, 0.4) is 0 Å². The Morgan fingerprint density at radius 1 is 1.12 bits per heavy atom. The first-order chi connectivity index (χ1) is 12.2. The standard InChI is InChI=1S/C19H19N3O3/c1-3-25-13-22-19(16-6-4-5-14(11-16)12-23)20-18(21-22)15-7-9-17(24-2)10-8-15/h4-12H,3,13H2,1-2H3. The van der Waals surface area contributed by atoms with E-state index in [0.29, 0.717) is 30.5 Å². The molecular weight excluding hydrogens is 318 g/mol. The third-order valence-electron chi connectivity index (χ3n) is 3.72. The number of benzene rings is 2. The maximum atomic E-state index is 11.1. The predicted octanol–water partition coefficient (Wildman–Crippen LogP) is 3.43. The van der Waals surface area contributed by atoms with E-state index in [0.717, 1.165) is 23.2 Å². The summed E-state index contributed by atoms with van der Waals surface area (Å²) < 4.78 is 12.4. The molecule has 0 radical (unpaired) electrons. The molecule has 1 heterocycles. The second kappa shape index (κ2) is 7.72. The lowest BCUT2D eigenvalue weighted by molar-refractivity contribution is 0.0803. The van der Waals surface area contributed by atoms with Crippen LogP contribution in [-0.2, 0) is 11.5 Å². The van der Waals surface area contributed by atoms with Crippen LogP contribution in [-0.4, -0.2) is 34.8 Å². The van der Waals surface area contributed by atoms with Gasteiger partial charge in [-0.3, -0.25) is 4.79 Å². The van der Waals surface area contributed by atoms with Crippen molar-refractivity contribution < 1.29 is 14.3 Å². The lowest BCUT2D eigenvalue weighted by Gasteiger charge is -2.05. The Morgan fingerprint density at radius 2 is 1.92 bits per heavy atom. The molecule has 0 unspecified atom stereocenters. The highest BCUT2D eigenvalue weighted by Gasteiger charge is 2.14. The van der Waals surface area contributed by atoms with Gasteiger partial charge in [0.1, 0.15) is 18.8 Å². The normalized spacial score (nSPS) is 10.6. The second-order valence-corrected chi connectivity index (χ2v) is 5.35. The van der Waals surface area contributed by atoms with Gasteiger partial charge in [-0.2, -0.15) is 0 Å². The minimum atomic E-state index is 0.292. The van der Waals surface area contributed by atoms with Gasteiger partial charge >= 0.3 is 0 Å². The fraction of sp³-hybridized carbons (Fsp3) is 0.211. The number of methoxy groups -OCH3 is 1. The summed E-state index contributed by atoms with van der Waals surface area (Å²) in [5.41, 5.74) is 2.29. The van der Waals surface area contributed by atoms with Crippen molar-refractivity contribution in [3.63, 3.8) is 0 Å². The number of carbonyl (C=O) groups is 1. The largest absolute Gasteiger partial charge is 0.497 e. The van der Waals surface area contributed by atoms with Crippen LogP contribution < -0.4 is 4.74 Å². The molecule has 2 aromatic carbocycles. The van der Waals surface area contributed by atoms with Gasteiger partial charge in [-0.25, -0.2) is 9.67 Å². The molecule has 0 amide bonds. The molecule has 0 atom stereocenters. The van der Waals surface area contributed by atoms with Gasteiger partial charge in [0.15, 0.2) is 11.6 Å². The second-order valence-electron chi connectivity index (χ2n) is 5.35. The molecule has 0 aliphatic heterocycles. The summed E-state index contributed by atoms with van der Waals surface area (Å²) in [6, 6.07) is 14.8. The van der Waals surface area contributed by atoms with Crippen LogP contribution in [0.15, 0.2) is 48.5 Å². The summed E-state index contributed by atoms with van der Waals surface area (Å²) in [6.45, 7) is 2.79. The molecule has 0 aliphatic rings. The van der Waals surface area contributed by atoms with Crippen molar-refractivity contribution in [2.75, 3.05) is 13.7 Å². The van der Waals surface area contributed by atoms with E-state index in [9.17, 15) is 4.79 Å². The summed E-state index contributed by atoms with van der Waals surface area (Å²) in [5.74, 6) is 2.02. The Bertz CT molecular complexity index is 857. The Kier molecular flexibility index (Phi) is 5.20. The third kappa shape index (κ3) is 3.75. The maximum absolute atomic E-state index is 11.1. The molecule has 6 heteroatoms. The van der Waals surface area contributed by atoms with E-state index in [1.54, 1.807) is 23.9 Å². The molecule has 0 fully saturated rings. The first-order valence-electron chi connectivity index (χ1n) is 7.97. The molecule has 0 saturated carbocycles. The van der Waals surface area contributed by atoms with E-state index in [-0.39, 0.29) is 0 Å². The van der Waals surface area contributed by atoms with Crippen molar-refractivity contribution in [3.8, 4) is 28.5 Å². The van der Waals surface area contributed by atoms with Crippen molar-refractivity contribution in [1.82, 2.24) is 14.8 Å². The SMILES string of the molecule is CCOCn1nc(-c2ccc(OC)cc2)nc1-c1cccc(C=O)c1. The van der Waals surface area contributed by atoms with Gasteiger partial charge < -0.3 is 9.47 Å². The van der Waals surface area contributed by atoms with Gasteiger partial charge in [0.2, 0.25) is 0 Å². The highest BCUT2D eigenvalue weighted by atomic mass is 16.5. The van der Waals surface area contributed by atoms with E-state index in [4.69, 9.17) is 9.47 Å². The van der Waals surface area contributed by atoms with Crippen molar-refractivity contribution in [2.24, 2.45) is 0 Å². The van der Waals surface area contributed by atoms with Crippen molar-refractivity contribution in [1.29, 1.82) is 0 Å². The molecule has 3 aromatic rings. The number of carbonyl (C=O) groups excluding carboxylic acids is 1. The van der Waals surface area contributed by atoms with E-state index >= 15 is 0 Å². The summed E-state index contributed by atoms with van der Waals surface area (Å²) >= 11 is 0. The molecule has 1 aromatic heterocycles. The lowest BCUT2D eigenvalue weighted by atomic mass is 10.1. The minimum Gasteiger partial charge on any atom is -0.497 e. The van der Waals surface area contributed by atoms with Crippen molar-refractivity contribution >= 4 is 6.29 Å². The number of hydrogen-bond acceptors (Lipinski definition) is 5. The predicted molar refractivity (Wildman–Crippen MR) is 94.5 cm³/mol. The summed E-state index contributed by atoms with van der Waals surface area (Å²) in [6.07, 6.45) is 0.817. The molecule has 0 bridgehead atoms. The zero-order valence-corrected chi connectivity index (χ0v) is 14.2. The molecule has 0 spiro atoms. The van der Waals surface area contributed by atoms with Crippen LogP contribution in [0.4, 0.5) is 0 Å². The Morgan fingerprint density at radius 3 is 2.60 bits per heavy atom. The molecule has 25 heavy (non-hydrogen) atoms. The first kappa shape index (κ1) is 16.9. The van der Waals surface area contributed by atoms with Gasteiger partial charge in [-0.15, -0.1) is 5.10 Å². The quantitative estimate of drug-likeness (QED) is 0.618. The molecule has 0 aliphatic carbocycles. The number of rotatable bonds is 7. The van der Waals surface area contributed by atoms with Gasteiger partial charge in [0.05, 0.1) is 7.11 Å². The number of nitrogens with zero attached hydrogens (tertiary/aromatic N) is 3. The van der Waals surface area contributed by atoms with Crippen LogP contribution in [0.2, 0.25) is 0 Å². The Hall–Kier alpha value is -2.99. The van der Waals surface area contributed by atoms with Crippen molar-refractivity contribution in [2.45, 2.75) is 13.7 Å². The highest BCUT2D eigenvalue weighted by molar-refractivity contribution is 5.78. The van der Waals surface area contributed by atoms with Gasteiger partial charge in [-0.05, 0) is 37.3 Å². The monoisotopic (exact) mass is 337 g/mol.